The molecule has 2 aromatic heterocycles. The van der Waals surface area contributed by atoms with E-state index in [1.54, 1.807) is 17.4 Å². The van der Waals surface area contributed by atoms with E-state index in [2.05, 4.69) is 28.7 Å². The third-order valence-electron chi connectivity index (χ3n) is 3.54. The monoisotopic (exact) mass is 322 g/mol. The molecule has 1 N–H and O–H groups in total. The van der Waals surface area contributed by atoms with Gasteiger partial charge >= 0.3 is 0 Å². The van der Waals surface area contributed by atoms with Crippen molar-refractivity contribution in [2.24, 2.45) is 0 Å². The quantitative estimate of drug-likeness (QED) is 0.705. The van der Waals surface area contributed by atoms with E-state index in [0.717, 1.165) is 11.9 Å². The van der Waals surface area contributed by atoms with Gasteiger partial charge in [-0.05, 0) is 48.0 Å². The highest BCUT2D eigenvalue weighted by atomic mass is 32.1. The molecule has 1 atom stereocenters. The molecule has 0 amide bonds. The van der Waals surface area contributed by atoms with Crippen LogP contribution in [0, 0.1) is 10.6 Å². The molecule has 3 nitrogen and oxygen atoms in total. The second-order valence-corrected chi connectivity index (χ2v) is 6.16. The predicted molar refractivity (Wildman–Crippen MR) is 86.4 cm³/mol. The van der Waals surface area contributed by atoms with Gasteiger partial charge in [0.05, 0.1) is 18.1 Å². The van der Waals surface area contributed by atoms with Crippen LogP contribution in [0.2, 0.25) is 0 Å². The summed E-state index contributed by atoms with van der Waals surface area (Å²) in [6.45, 7) is 2.11. The second kappa shape index (κ2) is 5.61. The Labute approximate surface area is 131 Å². The Bertz CT molecular complexity index is 820. The van der Waals surface area contributed by atoms with Crippen LogP contribution < -0.4 is 4.74 Å². The average Bonchev–Trinajstić information content (AvgIpc) is 3.04. The van der Waals surface area contributed by atoms with Gasteiger partial charge in [-0.25, -0.2) is 4.39 Å². The lowest BCUT2D eigenvalue weighted by Gasteiger charge is -2.14. The zero-order valence-electron chi connectivity index (χ0n) is 11.7. The maximum atomic E-state index is 13.8. The molecule has 110 valence electrons. The third-order valence-corrected chi connectivity index (χ3v) is 4.57. The number of aromatic nitrogens is 2. The van der Waals surface area contributed by atoms with E-state index >= 15 is 0 Å². The number of thiophene rings is 1. The average molecular weight is 322 g/mol. The molecule has 1 unspecified atom stereocenters. The first-order valence-electron chi connectivity index (χ1n) is 6.59. The van der Waals surface area contributed by atoms with Gasteiger partial charge in [0.1, 0.15) is 0 Å². The predicted octanol–water partition coefficient (Wildman–Crippen LogP) is 4.71. The highest BCUT2D eigenvalue weighted by Gasteiger charge is 2.15. The summed E-state index contributed by atoms with van der Waals surface area (Å²) in [6, 6.07) is 5.41. The SMILES string of the molecule is COc1cc2c(cc1F)[nH]c(=S)n2C(C)Cc1ccsc1. The van der Waals surface area contributed by atoms with Gasteiger partial charge in [0.15, 0.2) is 16.3 Å². The number of fused-ring (bicyclic) bond motifs is 1. The van der Waals surface area contributed by atoms with Crippen LogP contribution in [0.1, 0.15) is 18.5 Å². The van der Waals surface area contributed by atoms with Gasteiger partial charge in [-0.2, -0.15) is 11.3 Å². The molecule has 0 saturated heterocycles. The highest BCUT2D eigenvalue weighted by molar-refractivity contribution is 7.71. The fourth-order valence-corrected chi connectivity index (χ4v) is 3.63. The minimum atomic E-state index is -0.390. The van der Waals surface area contributed by atoms with Gasteiger partial charge < -0.3 is 14.3 Å². The lowest BCUT2D eigenvalue weighted by atomic mass is 10.1. The lowest BCUT2D eigenvalue weighted by Crippen LogP contribution is -2.08. The molecule has 0 aliphatic rings. The number of H-pyrrole nitrogens is 1. The minimum absolute atomic E-state index is 0.177. The van der Waals surface area contributed by atoms with E-state index in [1.165, 1.54) is 18.7 Å². The minimum Gasteiger partial charge on any atom is -0.494 e. The Morgan fingerprint density at radius 1 is 1.48 bits per heavy atom. The summed E-state index contributed by atoms with van der Waals surface area (Å²) in [6.07, 6.45) is 0.879. The van der Waals surface area contributed by atoms with Crippen LogP contribution in [0.4, 0.5) is 4.39 Å². The van der Waals surface area contributed by atoms with Crippen molar-refractivity contribution in [3.8, 4) is 5.75 Å². The van der Waals surface area contributed by atoms with Crippen molar-refractivity contribution >= 4 is 34.6 Å². The molecule has 6 heteroatoms. The van der Waals surface area contributed by atoms with Crippen LogP contribution in [-0.2, 0) is 6.42 Å². The summed E-state index contributed by atoms with van der Waals surface area (Å²) < 4.78 is 21.5. The molecule has 0 spiro atoms. The Morgan fingerprint density at radius 3 is 2.95 bits per heavy atom. The van der Waals surface area contributed by atoms with Crippen molar-refractivity contribution < 1.29 is 9.13 Å². The summed E-state index contributed by atoms with van der Waals surface area (Å²) in [5, 5.41) is 4.20. The van der Waals surface area contributed by atoms with Crippen LogP contribution in [-0.4, -0.2) is 16.7 Å². The van der Waals surface area contributed by atoms with Crippen molar-refractivity contribution in [2.75, 3.05) is 7.11 Å². The normalized spacial score (nSPS) is 12.7. The summed E-state index contributed by atoms with van der Waals surface area (Å²) in [7, 11) is 1.46. The first-order valence-corrected chi connectivity index (χ1v) is 7.94. The Morgan fingerprint density at radius 2 is 2.29 bits per heavy atom. The summed E-state index contributed by atoms with van der Waals surface area (Å²) in [4.78, 5) is 3.06. The molecule has 3 aromatic rings. The number of hydrogen-bond donors (Lipinski definition) is 1. The summed E-state index contributed by atoms with van der Waals surface area (Å²) >= 11 is 7.08. The number of imidazole rings is 1. The highest BCUT2D eigenvalue weighted by Crippen LogP contribution is 2.28. The number of nitrogens with one attached hydrogen (secondary N) is 1. The summed E-state index contributed by atoms with van der Waals surface area (Å²) in [5.74, 6) is -0.160. The van der Waals surface area contributed by atoms with Crippen molar-refractivity contribution in [1.82, 2.24) is 9.55 Å². The zero-order valence-corrected chi connectivity index (χ0v) is 13.4. The smallest absolute Gasteiger partial charge is 0.178 e. The summed E-state index contributed by atoms with van der Waals surface area (Å²) in [5.41, 5.74) is 2.83. The van der Waals surface area contributed by atoms with Crippen LogP contribution in [0.3, 0.4) is 0 Å². The molecular formula is C15H15FN2OS2. The van der Waals surface area contributed by atoms with Crippen LogP contribution in [0.25, 0.3) is 11.0 Å². The Kier molecular flexibility index (Phi) is 3.82. The second-order valence-electron chi connectivity index (χ2n) is 4.99. The van der Waals surface area contributed by atoms with E-state index in [-0.39, 0.29) is 17.6 Å². The van der Waals surface area contributed by atoms with Gasteiger partial charge in [-0.15, -0.1) is 0 Å². The van der Waals surface area contributed by atoms with Crippen LogP contribution in [0.15, 0.2) is 29.0 Å². The number of ether oxygens (including phenoxy) is 1. The molecule has 2 heterocycles. The topological polar surface area (TPSA) is 29.9 Å². The Hall–Kier alpha value is -1.66. The zero-order chi connectivity index (χ0) is 15.0. The van der Waals surface area contributed by atoms with Crippen molar-refractivity contribution in [3.63, 3.8) is 0 Å². The van der Waals surface area contributed by atoms with E-state index in [4.69, 9.17) is 17.0 Å². The molecule has 0 saturated carbocycles. The van der Waals surface area contributed by atoms with E-state index in [1.807, 2.05) is 4.57 Å². The first kappa shape index (κ1) is 14.3. The van der Waals surface area contributed by atoms with Crippen molar-refractivity contribution in [2.45, 2.75) is 19.4 Å². The Balaban J connectivity index is 2.08. The van der Waals surface area contributed by atoms with Crippen molar-refractivity contribution in [3.05, 3.63) is 45.1 Å². The third kappa shape index (κ3) is 2.61. The molecular weight excluding hydrogens is 307 g/mol. The molecule has 1 aromatic carbocycles. The maximum absolute atomic E-state index is 13.8. The molecule has 21 heavy (non-hydrogen) atoms. The number of hydrogen-bond acceptors (Lipinski definition) is 3. The van der Waals surface area contributed by atoms with E-state index in [0.29, 0.717) is 10.3 Å². The van der Waals surface area contributed by atoms with E-state index in [9.17, 15) is 4.39 Å². The van der Waals surface area contributed by atoms with Gasteiger partial charge in [-0.1, -0.05) is 0 Å². The number of benzene rings is 1. The first-order chi connectivity index (χ1) is 10.1. The lowest BCUT2D eigenvalue weighted by molar-refractivity contribution is 0.387. The van der Waals surface area contributed by atoms with Gasteiger partial charge in [0.25, 0.3) is 0 Å². The number of aromatic amines is 1. The largest absolute Gasteiger partial charge is 0.494 e. The number of rotatable bonds is 4. The van der Waals surface area contributed by atoms with Crippen LogP contribution in [0.5, 0.6) is 5.75 Å². The standard InChI is InChI=1S/C15H15FN2OS2/c1-9(5-10-3-4-21-8-10)18-13-7-14(19-2)11(16)6-12(13)17-15(18)20/h3-4,6-9H,5H2,1-2H3,(H,17,20). The van der Waals surface area contributed by atoms with Gasteiger partial charge in [0, 0.05) is 18.2 Å². The fourth-order valence-electron chi connectivity index (χ4n) is 2.56. The molecule has 0 aliphatic heterocycles. The number of methoxy groups -OCH3 is 1. The fraction of sp³-hybridized carbons (Fsp3) is 0.267. The molecule has 0 bridgehead atoms. The van der Waals surface area contributed by atoms with Crippen molar-refractivity contribution in [1.29, 1.82) is 0 Å². The van der Waals surface area contributed by atoms with Gasteiger partial charge in [-0.3, -0.25) is 0 Å². The van der Waals surface area contributed by atoms with Crippen LogP contribution >= 0.6 is 23.6 Å². The maximum Gasteiger partial charge on any atom is 0.178 e. The molecule has 0 radical (unpaired) electrons. The molecule has 0 aliphatic carbocycles. The molecule has 0 fully saturated rings. The van der Waals surface area contributed by atoms with E-state index < -0.39 is 0 Å². The molecule has 3 rings (SSSR count). The van der Waals surface area contributed by atoms with Gasteiger partial charge in [0.2, 0.25) is 0 Å². The number of halogens is 1. The number of nitrogens with zero attached hydrogens (tertiary/aromatic N) is 1.